The molecule has 1 aromatic carbocycles. The van der Waals surface area contributed by atoms with Gasteiger partial charge in [-0.2, -0.15) is 11.3 Å². The standard InChI is InChI=1S/C18H22N2O2S/c1-13-5-6-15(14(2)10-13)11-20-17(21)4-3-8-19-18(22)16-7-9-23-12-16/h5-7,9-10,12H,3-4,8,11H2,1-2H3,(H,19,22)(H,20,21). The summed E-state index contributed by atoms with van der Waals surface area (Å²) in [6, 6.07) is 8.00. The van der Waals surface area contributed by atoms with Gasteiger partial charge in [0.2, 0.25) is 5.91 Å². The third kappa shape index (κ3) is 5.53. The summed E-state index contributed by atoms with van der Waals surface area (Å²) < 4.78 is 0. The van der Waals surface area contributed by atoms with Crippen LogP contribution in [-0.2, 0) is 11.3 Å². The molecule has 0 saturated heterocycles. The third-order valence-corrected chi connectivity index (χ3v) is 4.31. The molecule has 4 nitrogen and oxygen atoms in total. The second kappa shape index (κ2) is 8.48. The Morgan fingerprint density at radius 2 is 1.96 bits per heavy atom. The summed E-state index contributed by atoms with van der Waals surface area (Å²) in [5.41, 5.74) is 4.22. The van der Waals surface area contributed by atoms with Crippen LogP contribution in [-0.4, -0.2) is 18.4 Å². The van der Waals surface area contributed by atoms with E-state index in [2.05, 4.69) is 36.6 Å². The Bertz CT molecular complexity index is 666. The molecule has 0 atom stereocenters. The molecule has 0 radical (unpaired) electrons. The van der Waals surface area contributed by atoms with Gasteiger partial charge in [0, 0.05) is 30.5 Å². The molecular formula is C18H22N2O2S. The molecule has 2 N–H and O–H groups in total. The average Bonchev–Trinajstić information content (AvgIpc) is 3.05. The minimum absolute atomic E-state index is 0.00903. The number of aryl methyl sites for hydroxylation is 2. The summed E-state index contributed by atoms with van der Waals surface area (Å²) in [6.45, 7) is 5.16. The highest BCUT2D eigenvalue weighted by molar-refractivity contribution is 7.08. The van der Waals surface area contributed by atoms with Gasteiger partial charge in [-0.05, 0) is 42.8 Å². The highest BCUT2D eigenvalue weighted by Crippen LogP contribution is 2.10. The van der Waals surface area contributed by atoms with Crippen LogP contribution < -0.4 is 10.6 Å². The number of benzene rings is 1. The lowest BCUT2D eigenvalue weighted by Gasteiger charge is -2.09. The third-order valence-electron chi connectivity index (χ3n) is 3.62. The van der Waals surface area contributed by atoms with Crippen LogP contribution in [0.2, 0.25) is 0 Å². The monoisotopic (exact) mass is 330 g/mol. The molecule has 23 heavy (non-hydrogen) atoms. The molecule has 2 rings (SSSR count). The van der Waals surface area contributed by atoms with E-state index in [0.29, 0.717) is 31.5 Å². The molecule has 1 heterocycles. The molecule has 0 saturated carbocycles. The Labute approximate surface area is 140 Å². The lowest BCUT2D eigenvalue weighted by Crippen LogP contribution is -2.27. The van der Waals surface area contributed by atoms with Crippen LogP contribution in [0.25, 0.3) is 0 Å². The smallest absolute Gasteiger partial charge is 0.252 e. The van der Waals surface area contributed by atoms with Gasteiger partial charge in [-0.15, -0.1) is 0 Å². The van der Waals surface area contributed by atoms with E-state index in [1.54, 1.807) is 6.07 Å². The first-order valence-electron chi connectivity index (χ1n) is 7.69. The van der Waals surface area contributed by atoms with E-state index >= 15 is 0 Å². The highest BCUT2D eigenvalue weighted by atomic mass is 32.1. The van der Waals surface area contributed by atoms with Crippen molar-refractivity contribution in [1.29, 1.82) is 0 Å². The normalized spacial score (nSPS) is 10.3. The van der Waals surface area contributed by atoms with Gasteiger partial charge in [-0.25, -0.2) is 0 Å². The molecule has 0 aliphatic carbocycles. The summed E-state index contributed by atoms with van der Waals surface area (Å²) in [5, 5.41) is 9.42. The molecule has 0 spiro atoms. The van der Waals surface area contributed by atoms with Crippen molar-refractivity contribution in [3.63, 3.8) is 0 Å². The number of nitrogens with one attached hydrogen (secondary N) is 2. The molecule has 0 unspecified atom stereocenters. The molecule has 0 aliphatic rings. The van der Waals surface area contributed by atoms with Crippen molar-refractivity contribution >= 4 is 23.2 Å². The molecular weight excluding hydrogens is 308 g/mol. The summed E-state index contributed by atoms with van der Waals surface area (Å²) in [5.74, 6) is -0.0725. The van der Waals surface area contributed by atoms with Crippen LogP contribution >= 0.6 is 11.3 Å². The number of hydrogen-bond acceptors (Lipinski definition) is 3. The van der Waals surface area contributed by atoms with Gasteiger partial charge in [0.15, 0.2) is 0 Å². The predicted octanol–water partition coefficient (Wildman–Crippen LogP) is 3.19. The van der Waals surface area contributed by atoms with E-state index in [1.807, 2.05) is 16.8 Å². The quantitative estimate of drug-likeness (QED) is 0.766. The molecule has 5 heteroatoms. The lowest BCUT2D eigenvalue weighted by molar-refractivity contribution is -0.121. The Kier molecular flexibility index (Phi) is 6.35. The van der Waals surface area contributed by atoms with Crippen molar-refractivity contribution in [2.24, 2.45) is 0 Å². The fraction of sp³-hybridized carbons (Fsp3) is 0.333. The maximum atomic E-state index is 11.8. The summed E-state index contributed by atoms with van der Waals surface area (Å²) in [7, 11) is 0. The maximum absolute atomic E-state index is 11.8. The van der Waals surface area contributed by atoms with Gasteiger partial charge in [0.25, 0.3) is 5.91 Å². The van der Waals surface area contributed by atoms with E-state index in [-0.39, 0.29) is 11.8 Å². The van der Waals surface area contributed by atoms with Crippen molar-refractivity contribution < 1.29 is 9.59 Å². The van der Waals surface area contributed by atoms with Crippen molar-refractivity contribution in [1.82, 2.24) is 10.6 Å². The number of rotatable bonds is 7. The van der Waals surface area contributed by atoms with Crippen LogP contribution in [0.15, 0.2) is 35.0 Å². The predicted molar refractivity (Wildman–Crippen MR) is 93.6 cm³/mol. The van der Waals surface area contributed by atoms with Crippen LogP contribution in [0.4, 0.5) is 0 Å². The largest absolute Gasteiger partial charge is 0.352 e. The van der Waals surface area contributed by atoms with E-state index in [4.69, 9.17) is 0 Å². The van der Waals surface area contributed by atoms with E-state index in [0.717, 1.165) is 5.56 Å². The Morgan fingerprint density at radius 1 is 1.13 bits per heavy atom. The number of hydrogen-bond donors (Lipinski definition) is 2. The van der Waals surface area contributed by atoms with Crippen molar-refractivity contribution in [2.75, 3.05) is 6.54 Å². The van der Waals surface area contributed by atoms with Crippen molar-refractivity contribution in [3.8, 4) is 0 Å². The van der Waals surface area contributed by atoms with Crippen molar-refractivity contribution in [3.05, 3.63) is 57.3 Å². The molecule has 2 aromatic rings. The highest BCUT2D eigenvalue weighted by Gasteiger charge is 2.06. The molecule has 0 bridgehead atoms. The summed E-state index contributed by atoms with van der Waals surface area (Å²) in [4.78, 5) is 23.6. The van der Waals surface area contributed by atoms with E-state index in [9.17, 15) is 9.59 Å². The zero-order valence-corrected chi connectivity index (χ0v) is 14.3. The Morgan fingerprint density at radius 3 is 2.65 bits per heavy atom. The number of amides is 2. The number of thiophene rings is 1. The van der Waals surface area contributed by atoms with Gasteiger partial charge in [0.05, 0.1) is 0 Å². The van der Waals surface area contributed by atoms with Gasteiger partial charge >= 0.3 is 0 Å². The molecule has 2 amide bonds. The summed E-state index contributed by atoms with van der Waals surface area (Å²) in [6.07, 6.45) is 1.05. The van der Waals surface area contributed by atoms with E-state index < -0.39 is 0 Å². The molecule has 1 aromatic heterocycles. The SMILES string of the molecule is Cc1ccc(CNC(=O)CCCNC(=O)c2ccsc2)c(C)c1. The minimum Gasteiger partial charge on any atom is -0.352 e. The van der Waals surface area contributed by atoms with Gasteiger partial charge in [-0.1, -0.05) is 23.8 Å². The first-order chi connectivity index (χ1) is 11.1. The van der Waals surface area contributed by atoms with Gasteiger partial charge < -0.3 is 10.6 Å². The maximum Gasteiger partial charge on any atom is 0.252 e. The first-order valence-corrected chi connectivity index (χ1v) is 8.64. The zero-order chi connectivity index (χ0) is 16.7. The fourth-order valence-corrected chi connectivity index (χ4v) is 2.91. The zero-order valence-electron chi connectivity index (χ0n) is 13.5. The molecule has 122 valence electrons. The molecule has 0 fully saturated rings. The number of carbonyl (C=O) groups excluding carboxylic acids is 2. The summed E-state index contributed by atoms with van der Waals surface area (Å²) >= 11 is 1.49. The fourth-order valence-electron chi connectivity index (χ4n) is 2.27. The number of carbonyl (C=O) groups is 2. The molecule has 0 aliphatic heterocycles. The van der Waals surface area contributed by atoms with Crippen LogP contribution in [0, 0.1) is 13.8 Å². The second-order valence-corrected chi connectivity index (χ2v) is 6.36. The first kappa shape index (κ1) is 17.2. The Hall–Kier alpha value is -2.14. The second-order valence-electron chi connectivity index (χ2n) is 5.58. The van der Waals surface area contributed by atoms with Gasteiger partial charge in [-0.3, -0.25) is 9.59 Å². The van der Waals surface area contributed by atoms with Crippen molar-refractivity contribution in [2.45, 2.75) is 33.2 Å². The van der Waals surface area contributed by atoms with Crippen LogP contribution in [0.1, 0.15) is 39.9 Å². The topological polar surface area (TPSA) is 58.2 Å². The van der Waals surface area contributed by atoms with Crippen LogP contribution in [0.5, 0.6) is 0 Å². The van der Waals surface area contributed by atoms with E-state index in [1.165, 1.54) is 22.5 Å². The lowest BCUT2D eigenvalue weighted by atomic mass is 10.1. The minimum atomic E-state index is -0.0815. The Balaban J connectivity index is 1.64. The van der Waals surface area contributed by atoms with Crippen LogP contribution in [0.3, 0.4) is 0 Å². The van der Waals surface area contributed by atoms with Gasteiger partial charge in [0.1, 0.15) is 0 Å². The average molecular weight is 330 g/mol.